The summed E-state index contributed by atoms with van der Waals surface area (Å²) in [6.45, 7) is 4.00. The highest BCUT2D eigenvalue weighted by Crippen LogP contribution is 1.83. The van der Waals surface area contributed by atoms with Crippen molar-refractivity contribution in [3.63, 3.8) is 0 Å². The first-order chi connectivity index (χ1) is 2.89. The lowest BCUT2D eigenvalue weighted by Gasteiger charge is -1.92. The summed E-state index contributed by atoms with van der Waals surface area (Å²) in [6, 6.07) is 0.630. The lowest BCUT2D eigenvalue weighted by Crippen LogP contribution is -2.18. The van der Waals surface area contributed by atoms with Gasteiger partial charge < -0.3 is 0 Å². The van der Waals surface area contributed by atoms with Crippen molar-refractivity contribution in [1.29, 1.82) is 0 Å². The third kappa shape index (κ3) is 0.698. The van der Waals surface area contributed by atoms with Crippen molar-refractivity contribution in [3.05, 3.63) is 0 Å². The Morgan fingerprint density at radius 1 is 1.83 bits per heavy atom. The second-order valence-electron chi connectivity index (χ2n) is 1.67. The molecule has 0 amide bonds. The molecule has 1 unspecified atom stereocenters. The molecule has 1 heterocycles. The maximum Gasteiger partial charge on any atom is 0.0626 e. The summed E-state index contributed by atoms with van der Waals surface area (Å²) in [6.07, 6.45) is 0. The van der Waals surface area contributed by atoms with Gasteiger partial charge in [-0.15, -0.1) is 0 Å². The minimum Gasteiger partial charge on any atom is -0.299 e. The van der Waals surface area contributed by atoms with E-state index >= 15 is 0 Å². The van der Waals surface area contributed by atoms with Crippen LogP contribution in [0.4, 0.5) is 0 Å². The molecule has 0 aromatic heterocycles. The lowest BCUT2D eigenvalue weighted by atomic mass is 10.4. The van der Waals surface area contributed by atoms with E-state index in [-0.39, 0.29) is 0 Å². The molecular formula is C4H9N2. The number of hydrogen-bond donors (Lipinski definition) is 1. The Morgan fingerprint density at radius 3 is 2.83 bits per heavy atom. The van der Waals surface area contributed by atoms with E-state index in [0.29, 0.717) is 6.04 Å². The number of nitrogens with zero attached hydrogens (tertiary/aromatic N) is 1. The van der Waals surface area contributed by atoms with Crippen LogP contribution in [0.1, 0.15) is 6.92 Å². The predicted molar refractivity (Wildman–Crippen MR) is 24.5 cm³/mol. The Kier molecular flexibility index (Phi) is 1.08. The second kappa shape index (κ2) is 1.58. The average molecular weight is 85.1 g/mol. The molecule has 0 aromatic rings. The lowest BCUT2D eigenvalue weighted by molar-refractivity contribution is 0.692. The van der Waals surface area contributed by atoms with E-state index in [0.717, 1.165) is 13.2 Å². The van der Waals surface area contributed by atoms with Gasteiger partial charge in [0.1, 0.15) is 0 Å². The number of hydrogen-bond acceptors (Lipinski definition) is 1. The molecule has 6 heavy (non-hydrogen) atoms. The SMILES string of the molecule is CC1C[N]CN1. The van der Waals surface area contributed by atoms with Crippen LogP contribution in [-0.2, 0) is 0 Å². The monoisotopic (exact) mass is 85.1 g/mol. The van der Waals surface area contributed by atoms with E-state index in [1.165, 1.54) is 0 Å². The Balaban J connectivity index is 2.18. The molecule has 2 heteroatoms. The quantitative estimate of drug-likeness (QED) is 0.423. The van der Waals surface area contributed by atoms with E-state index < -0.39 is 0 Å². The minimum absolute atomic E-state index is 0.630. The fourth-order valence-corrected chi connectivity index (χ4v) is 0.543. The zero-order chi connectivity index (χ0) is 4.41. The zero-order valence-corrected chi connectivity index (χ0v) is 3.94. The van der Waals surface area contributed by atoms with Gasteiger partial charge in [0, 0.05) is 12.6 Å². The average Bonchev–Trinajstić information content (AvgIpc) is 1.86. The molecule has 1 aliphatic rings. The third-order valence-electron chi connectivity index (χ3n) is 0.955. The summed E-state index contributed by atoms with van der Waals surface area (Å²) in [5.41, 5.74) is 0. The van der Waals surface area contributed by atoms with Crippen LogP contribution in [0.5, 0.6) is 0 Å². The van der Waals surface area contributed by atoms with E-state index in [1.54, 1.807) is 0 Å². The van der Waals surface area contributed by atoms with Crippen LogP contribution in [0, 0.1) is 0 Å². The van der Waals surface area contributed by atoms with Gasteiger partial charge in [-0.3, -0.25) is 5.32 Å². The molecule has 1 atom stereocenters. The first-order valence-electron chi connectivity index (χ1n) is 2.26. The van der Waals surface area contributed by atoms with Gasteiger partial charge in [-0.25, -0.2) is 5.32 Å². The van der Waals surface area contributed by atoms with Gasteiger partial charge in [0.25, 0.3) is 0 Å². The van der Waals surface area contributed by atoms with Crippen molar-refractivity contribution in [2.45, 2.75) is 13.0 Å². The van der Waals surface area contributed by atoms with Crippen LogP contribution < -0.4 is 10.6 Å². The molecule has 1 saturated heterocycles. The Hall–Kier alpha value is -0.0800. The fourth-order valence-electron chi connectivity index (χ4n) is 0.543. The van der Waals surface area contributed by atoms with Gasteiger partial charge in [-0.2, -0.15) is 0 Å². The molecule has 1 N–H and O–H groups in total. The van der Waals surface area contributed by atoms with E-state index in [9.17, 15) is 0 Å². The molecule has 1 radical (unpaired) electrons. The summed E-state index contributed by atoms with van der Waals surface area (Å²) in [5.74, 6) is 0. The zero-order valence-electron chi connectivity index (χ0n) is 3.94. The fraction of sp³-hybridized carbons (Fsp3) is 1.00. The highest BCUT2D eigenvalue weighted by Gasteiger charge is 2.05. The molecule has 2 nitrogen and oxygen atoms in total. The summed E-state index contributed by atoms with van der Waals surface area (Å²) < 4.78 is 0. The third-order valence-corrected chi connectivity index (χ3v) is 0.955. The van der Waals surface area contributed by atoms with Crippen LogP contribution in [0.15, 0.2) is 0 Å². The summed E-state index contributed by atoms with van der Waals surface area (Å²) >= 11 is 0. The van der Waals surface area contributed by atoms with Crippen molar-refractivity contribution in [2.75, 3.05) is 13.2 Å². The Morgan fingerprint density at radius 2 is 2.67 bits per heavy atom. The van der Waals surface area contributed by atoms with Gasteiger partial charge in [-0.1, -0.05) is 0 Å². The van der Waals surface area contributed by atoms with Crippen LogP contribution in [0.3, 0.4) is 0 Å². The molecule has 1 aliphatic heterocycles. The van der Waals surface area contributed by atoms with E-state index in [2.05, 4.69) is 17.6 Å². The van der Waals surface area contributed by atoms with E-state index in [4.69, 9.17) is 0 Å². The summed E-state index contributed by atoms with van der Waals surface area (Å²) in [5, 5.41) is 7.21. The molecule has 35 valence electrons. The molecule has 0 saturated carbocycles. The molecule has 0 aliphatic carbocycles. The van der Waals surface area contributed by atoms with Gasteiger partial charge >= 0.3 is 0 Å². The Labute approximate surface area is 37.9 Å². The highest BCUT2D eigenvalue weighted by atomic mass is 15.2. The van der Waals surface area contributed by atoms with Gasteiger partial charge in [0.05, 0.1) is 6.67 Å². The molecule has 1 fully saturated rings. The van der Waals surface area contributed by atoms with Gasteiger partial charge in [0.2, 0.25) is 0 Å². The summed E-state index contributed by atoms with van der Waals surface area (Å²) in [4.78, 5) is 0. The maximum atomic E-state index is 4.05. The topological polar surface area (TPSA) is 26.1 Å². The molecular weight excluding hydrogens is 76.1 g/mol. The molecule has 1 rings (SSSR count). The highest BCUT2D eigenvalue weighted by molar-refractivity contribution is 4.67. The minimum atomic E-state index is 0.630. The predicted octanol–water partition coefficient (Wildman–Crippen LogP) is -0.460. The molecule has 0 bridgehead atoms. The first-order valence-corrected chi connectivity index (χ1v) is 2.26. The number of nitrogens with one attached hydrogen (secondary N) is 1. The second-order valence-corrected chi connectivity index (χ2v) is 1.67. The van der Waals surface area contributed by atoms with Gasteiger partial charge in [-0.05, 0) is 6.92 Å². The number of rotatable bonds is 0. The van der Waals surface area contributed by atoms with Crippen LogP contribution in [-0.4, -0.2) is 19.3 Å². The molecule has 0 spiro atoms. The smallest absolute Gasteiger partial charge is 0.0626 e. The Bertz CT molecular complexity index is 38.8. The van der Waals surface area contributed by atoms with Crippen molar-refractivity contribution in [3.8, 4) is 0 Å². The normalized spacial score (nSPS) is 34.5. The molecule has 0 aromatic carbocycles. The van der Waals surface area contributed by atoms with Crippen LogP contribution >= 0.6 is 0 Å². The summed E-state index contributed by atoms with van der Waals surface area (Å²) in [7, 11) is 0. The largest absolute Gasteiger partial charge is 0.299 e. The van der Waals surface area contributed by atoms with Crippen LogP contribution in [0.2, 0.25) is 0 Å². The maximum absolute atomic E-state index is 4.05. The van der Waals surface area contributed by atoms with Crippen molar-refractivity contribution in [1.82, 2.24) is 10.6 Å². The van der Waals surface area contributed by atoms with Gasteiger partial charge in [0.15, 0.2) is 0 Å². The van der Waals surface area contributed by atoms with Crippen LogP contribution in [0.25, 0.3) is 0 Å². The van der Waals surface area contributed by atoms with E-state index in [1.807, 2.05) is 0 Å². The van der Waals surface area contributed by atoms with Crippen molar-refractivity contribution < 1.29 is 0 Å². The van der Waals surface area contributed by atoms with Crippen molar-refractivity contribution >= 4 is 0 Å². The first kappa shape index (κ1) is 4.09. The standard InChI is InChI=1S/C4H9N2/c1-4-2-5-3-6-4/h4,6H,2-3H2,1H3. The van der Waals surface area contributed by atoms with Crippen molar-refractivity contribution in [2.24, 2.45) is 0 Å².